The Bertz CT molecular complexity index is 564. The lowest BCUT2D eigenvalue weighted by Crippen LogP contribution is -2.49. The zero-order chi connectivity index (χ0) is 17.0. The molecule has 2 atom stereocenters. The zero-order valence-corrected chi connectivity index (χ0v) is 14.2. The molecule has 1 heterocycles. The van der Waals surface area contributed by atoms with Gasteiger partial charge in [0.05, 0.1) is 18.6 Å². The van der Waals surface area contributed by atoms with Crippen molar-refractivity contribution in [1.82, 2.24) is 9.80 Å². The van der Waals surface area contributed by atoms with Gasteiger partial charge in [-0.3, -0.25) is 4.79 Å². The molecule has 23 heavy (non-hydrogen) atoms. The lowest BCUT2D eigenvalue weighted by Gasteiger charge is -2.35. The standard InChI is InChI=1S/C17H25N3O3/c1-12-10-20(11-13(2)23-12)17(22)18-15-8-6-5-7-14(15)9-16(21)19(3)4/h5-8,12-13H,9-11H2,1-4H3,(H,18,22). The Morgan fingerprint density at radius 3 is 2.43 bits per heavy atom. The second-order valence-electron chi connectivity index (χ2n) is 6.21. The number of likely N-dealkylation sites (N-methyl/N-ethyl adjacent to an activating group) is 1. The largest absolute Gasteiger partial charge is 0.372 e. The molecule has 1 fully saturated rings. The van der Waals surface area contributed by atoms with Gasteiger partial charge in [-0.15, -0.1) is 0 Å². The number of morpholine rings is 1. The molecule has 0 radical (unpaired) electrons. The number of hydrogen-bond acceptors (Lipinski definition) is 3. The van der Waals surface area contributed by atoms with Gasteiger partial charge in [0.1, 0.15) is 0 Å². The number of para-hydroxylation sites is 1. The van der Waals surface area contributed by atoms with Gasteiger partial charge >= 0.3 is 6.03 Å². The van der Waals surface area contributed by atoms with Crippen LogP contribution in [0.1, 0.15) is 19.4 Å². The fourth-order valence-electron chi connectivity index (χ4n) is 2.66. The Hall–Kier alpha value is -2.08. The van der Waals surface area contributed by atoms with Gasteiger partial charge in [-0.1, -0.05) is 18.2 Å². The van der Waals surface area contributed by atoms with Crippen LogP contribution in [-0.4, -0.2) is 61.1 Å². The van der Waals surface area contributed by atoms with Crippen LogP contribution in [0.15, 0.2) is 24.3 Å². The molecular weight excluding hydrogens is 294 g/mol. The van der Waals surface area contributed by atoms with Crippen molar-refractivity contribution in [1.29, 1.82) is 0 Å². The van der Waals surface area contributed by atoms with E-state index in [0.29, 0.717) is 18.8 Å². The molecule has 1 saturated heterocycles. The summed E-state index contributed by atoms with van der Waals surface area (Å²) in [5.41, 5.74) is 1.49. The van der Waals surface area contributed by atoms with Crippen molar-refractivity contribution in [2.75, 3.05) is 32.5 Å². The zero-order valence-electron chi connectivity index (χ0n) is 14.2. The molecule has 2 unspecified atom stereocenters. The number of anilines is 1. The van der Waals surface area contributed by atoms with E-state index < -0.39 is 0 Å². The van der Waals surface area contributed by atoms with Crippen LogP contribution in [0.5, 0.6) is 0 Å². The molecule has 1 aromatic carbocycles. The number of urea groups is 1. The van der Waals surface area contributed by atoms with Crippen molar-refractivity contribution >= 4 is 17.6 Å². The van der Waals surface area contributed by atoms with Gasteiger partial charge < -0.3 is 19.9 Å². The Kier molecular flexibility index (Phi) is 5.60. The molecule has 0 saturated carbocycles. The van der Waals surface area contributed by atoms with Crippen molar-refractivity contribution in [3.8, 4) is 0 Å². The van der Waals surface area contributed by atoms with Crippen LogP contribution in [0.2, 0.25) is 0 Å². The van der Waals surface area contributed by atoms with Crippen LogP contribution >= 0.6 is 0 Å². The van der Waals surface area contributed by atoms with Crippen LogP contribution in [0.3, 0.4) is 0 Å². The number of nitrogens with zero attached hydrogens (tertiary/aromatic N) is 2. The Morgan fingerprint density at radius 1 is 1.22 bits per heavy atom. The number of rotatable bonds is 3. The number of amides is 3. The van der Waals surface area contributed by atoms with E-state index in [0.717, 1.165) is 5.56 Å². The van der Waals surface area contributed by atoms with Crippen molar-refractivity contribution in [3.05, 3.63) is 29.8 Å². The molecule has 0 aromatic heterocycles. The minimum Gasteiger partial charge on any atom is -0.372 e. The molecule has 1 aliphatic rings. The first kappa shape index (κ1) is 17.3. The Labute approximate surface area is 137 Å². The molecule has 0 bridgehead atoms. The number of benzene rings is 1. The monoisotopic (exact) mass is 319 g/mol. The van der Waals surface area contributed by atoms with Gasteiger partial charge in [-0.05, 0) is 25.5 Å². The average Bonchev–Trinajstić information content (AvgIpc) is 2.48. The quantitative estimate of drug-likeness (QED) is 0.926. The molecule has 1 N–H and O–H groups in total. The van der Waals surface area contributed by atoms with Crippen LogP contribution in [0.4, 0.5) is 10.5 Å². The number of ether oxygens (including phenoxy) is 1. The summed E-state index contributed by atoms with van der Waals surface area (Å²) < 4.78 is 5.65. The molecule has 1 aliphatic heterocycles. The normalized spacial score (nSPS) is 21.0. The average molecular weight is 319 g/mol. The van der Waals surface area contributed by atoms with E-state index >= 15 is 0 Å². The highest BCUT2D eigenvalue weighted by Gasteiger charge is 2.26. The highest BCUT2D eigenvalue weighted by molar-refractivity contribution is 5.91. The van der Waals surface area contributed by atoms with Crippen molar-refractivity contribution < 1.29 is 14.3 Å². The minimum atomic E-state index is -0.156. The first-order valence-electron chi connectivity index (χ1n) is 7.86. The van der Waals surface area contributed by atoms with Crippen LogP contribution in [0, 0.1) is 0 Å². The van der Waals surface area contributed by atoms with Gasteiger partial charge in [0.2, 0.25) is 5.91 Å². The SMILES string of the molecule is CC1CN(C(=O)Nc2ccccc2CC(=O)N(C)C)CC(C)O1. The van der Waals surface area contributed by atoms with Crippen molar-refractivity contribution in [2.24, 2.45) is 0 Å². The summed E-state index contributed by atoms with van der Waals surface area (Å²) >= 11 is 0. The molecule has 1 aromatic rings. The summed E-state index contributed by atoms with van der Waals surface area (Å²) in [6, 6.07) is 7.25. The van der Waals surface area contributed by atoms with Gasteiger partial charge in [-0.25, -0.2) is 4.79 Å². The van der Waals surface area contributed by atoms with Crippen molar-refractivity contribution in [3.63, 3.8) is 0 Å². The summed E-state index contributed by atoms with van der Waals surface area (Å²) in [5.74, 6) is 0.000293. The third-order valence-corrected chi connectivity index (χ3v) is 3.81. The first-order chi connectivity index (χ1) is 10.9. The van der Waals surface area contributed by atoms with E-state index in [-0.39, 0.29) is 30.6 Å². The molecule has 6 nitrogen and oxygen atoms in total. The van der Waals surface area contributed by atoms with E-state index in [1.807, 2.05) is 38.1 Å². The van der Waals surface area contributed by atoms with Crippen LogP contribution < -0.4 is 5.32 Å². The second kappa shape index (κ2) is 7.46. The Morgan fingerprint density at radius 2 is 1.83 bits per heavy atom. The lowest BCUT2D eigenvalue weighted by atomic mass is 10.1. The number of carbonyl (C=O) groups excluding carboxylic acids is 2. The summed E-state index contributed by atoms with van der Waals surface area (Å²) in [6.45, 7) is 5.04. The smallest absolute Gasteiger partial charge is 0.322 e. The van der Waals surface area contributed by atoms with E-state index in [4.69, 9.17) is 4.74 Å². The molecule has 3 amide bonds. The summed E-state index contributed by atoms with van der Waals surface area (Å²) in [5, 5.41) is 2.93. The van der Waals surface area contributed by atoms with Crippen molar-refractivity contribution in [2.45, 2.75) is 32.5 Å². The van der Waals surface area contributed by atoms with Crippen LogP contribution in [0.25, 0.3) is 0 Å². The molecule has 126 valence electrons. The predicted octanol–water partition coefficient (Wildman–Crippen LogP) is 1.96. The molecule has 0 aliphatic carbocycles. The topological polar surface area (TPSA) is 61.9 Å². The van der Waals surface area contributed by atoms with Gasteiger partial charge in [0.15, 0.2) is 0 Å². The van der Waals surface area contributed by atoms with E-state index in [1.54, 1.807) is 23.9 Å². The number of carbonyl (C=O) groups is 2. The minimum absolute atomic E-state index is 0.000293. The van der Waals surface area contributed by atoms with Gasteiger partial charge in [0, 0.05) is 32.9 Å². The molecule has 2 rings (SSSR count). The molecule has 6 heteroatoms. The second-order valence-corrected chi connectivity index (χ2v) is 6.21. The predicted molar refractivity (Wildman–Crippen MR) is 89.4 cm³/mol. The summed E-state index contributed by atoms with van der Waals surface area (Å²) in [6.07, 6.45) is 0.310. The van der Waals surface area contributed by atoms with E-state index in [2.05, 4.69) is 5.32 Å². The molecular formula is C17H25N3O3. The fraction of sp³-hybridized carbons (Fsp3) is 0.529. The number of nitrogens with one attached hydrogen (secondary N) is 1. The highest BCUT2D eigenvalue weighted by atomic mass is 16.5. The maximum atomic E-state index is 12.5. The summed E-state index contributed by atoms with van der Waals surface area (Å²) in [4.78, 5) is 27.7. The third kappa shape index (κ3) is 4.69. The van der Waals surface area contributed by atoms with Crippen LogP contribution in [-0.2, 0) is 16.0 Å². The highest BCUT2D eigenvalue weighted by Crippen LogP contribution is 2.18. The van der Waals surface area contributed by atoms with Gasteiger partial charge in [0.25, 0.3) is 0 Å². The Balaban J connectivity index is 2.07. The maximum Gasteiger partial charge on any atom is 0.322 e. The third-order valence-electron chi connectivity index (χ3n) is 3.81. The maximum absolute atomic E-state index is 12.5. The van der Waals surface area contributed by atoms with E-state index in [1.165, 1.54) is 0 Å². The molecule has 0 spiro atoms. The summed E-state index contributed by atoms with van der Waals surface area (Å²) in [7, 11) is 3.44. The van der Waals surface area contributed by atoms with Gasteiger partial charge in [-0.2, -0.15) is 0 Å². The lowest BCUT2D eigenvalue weighted by molar-refractivity contribution is -0.127. The first-order valence-corrected chi connectivity index (χ1v) is 7.86. The number of hydrogen-bond donors (Lipinski definition) is 1. The fourth-order valence-corrected chi connectivity index (χ4v) is 2.66. The van der Waals surface area contributed by atoms with E-state index in [9.17, 15) is 9.59 Å².